The van der Waals surface area contributed by atoms with Crippen LogP contribution in [0.2, 0.25) is 0 Å². The van der Waals surface area contributed by atoms with Crippen molar-refractivity contribution < 1.29 is 10.2 Å². The smallest absolute Gasteiger partial charge is 0.0568 e. The van der Waals surface area contributed by atoms with Gasteiger partial charge < -0.3 is 10.2 Å². The fourth-order valence-electron chi connectivity index (χ4n) is 9.78. The Morgan fingerprint density at radius 3 is 2.33 bits per heavy atom. The fourth-order valence-corrected chi connectivity index (χ4v) is 9.78. The largest absolute Gasteiger partial charge is 0.393 e. The summed E-state index contributed by atoms with van der Waals surface area (Å²) in [5, 5.41) is 20.5. The van der Waals surface area contributed by atoms with E-state index in [4.69, 9.17) is 0 Å². The molecule has 5 saturated carbocycles. The van der Waals surface area contributed by atoms with Gasteiger partial charge in [-0.3, -0.25) is 0 Å². The lowest BCUT2D eigenvalue weighted by Gasteiger charge is -2.61. The molecule has 0 spiro atoms. The zero-order chi connectivity index (χ0) is 21.1. The molecule has 5 aliphatic carbocycles. The van der Waals surface area contributed by atoms with Gasteiger partial charge in [0.2, 0.25) is 0 Å². The van der Waals surface area contributed by atoms with Gasteiger partial charge in [-0.1, -0.05) is 33.6 Å². The maximum atomic E-state index is 10.3. The van der Waals surface area contributed by atoms with Crippen molar-refractivity contribution >= 4 is 0 Å². The van der Waals surface area contributed by atoms with Gasteiger partial charge in [0.1, 0.15) is 0 Å². The molecule has 0 aromatic rings. The summed E-state index contributed by atoms with van der Waals surface area (Å²) in [4.78, 5) is 0. The molecule has 0 heterocycles. The van der Waals surface area contributed by atoms with Crippen LogP contribution < -0.4 is 0 Å². The van der Waals surface area contributed by atoms with Crippen LogP contribution in [0.15, 0.2) is 0 Å². The number of hydrogen-bond acceptors (Lipinski definition) is 2. The van der Waals surface area contributed by atoms with Crippen LogP contribution in [0.5, 0.6) is 0 Å². The Morgan fingerprint density at radius 2 is 1.57 bits per heavy atom. The second-order valence-electron chi connectivity index (χ2n) is 13.1. The van der Waals surface area contributed by atoms with E-state index in [2.05, 4.69) is 20.8 Å². The van der Waals surface area contributed by atoms with Crippen molar-refractivity contribution in [2.45, 2.75) is 123 Å². The van der Waals surface area contributed by atoms with Crippen molar-refractivity contribution in [3.8, 4) is 0 Å². The maximum absolute atomic E-state index is 10.3. The highest BCUT2D eigenvalue weighted by atomic mass is 16.3. The Morgan fingerprint density at radius 1 is 0.833 bits per heavy atom. The molecule has 2 heteroatoms. The maximum Gasteiger partial charge on any atom is 0.0568 e. The highest BCUT2D eigenvalue weighted by Crippen LogP contribution is 2.68. The molecule has 0 aromatic carbocycles. The SMILES string of the molecule is C[C@H](CCCC(O)C1CC1)[C@H]1CC[C@H]2[C@@H]3CC[C@H]4C[C@@H](O)CC[C@]4(C)[C@H]3CC[C@]12C. The highest BCUT2D eigenvalue weighted by molar-refractivity contribution is 5.09. The highest BCUT2D eigenvalue weighted by Gasteiger charge is 2.60. The predicted molar refractivity (Wildman–Crippen MR) is 123 cm³/mol. The van der Waals surface area contributed by atoms with E-state index in [9.17, 15) is 10.2 Å². The Hall–Kier alpha value is -0.0800. The van der Waals surface area contributed by atoms with Gasteiger partial charge in [-0.2, -0.15) is 0 Å². The van der Waals surface area contributed by atoms with Crippen molar-refractivity contribution in [3.63, 3.8) is 0 Å². The van der Waals surface area contributed by atoms with Crippen LogP contribution in [0, 0.1) is 52.3 Å². The van der Waals surface area contributed by atoms with Crippen molar-refractivity contribution in [1.82, 2.24) is 0 Å². The molecule has 172 valence electrons. The van der Waals surface area contributed by atoms with Gasteiger partial charge in [0, 0.05) is 0 Å². The molecule has 1 unspecified atom stereocenters. The molecular formula is C28H48O2. The number of aliphatic hydroxyl groups excluding tert-OH is 2. The van der Waals surface area contributed by atoms with Crippen LogP contribution in [-0.4, -0.2) is 22.4 Å². The lowest BCUT2D eigenvalue weighted by atomic mass is 9.44. The van der Waals surface area contributed by atoms with Gasteiger partial charge in [0.05, 0.1) is 12.2 Å². The summed E-state index contributed by atoms with van der Waals surface area (Å²) in [5.41, 5.74) is 1.07. The lowest BCUT2D eigenvalue weighted by molar-refractivity contribution is -0.129. The van der Waals surface area contributed by atoms with Gasteiger partial charge in [-0.15, -0.1) is 0 Å². The molecule has 5 aliphatic rings. The molecule has 30 heavy (non-hydrogen) atoms. The van der Waals surface area contributed by atoms with Crippen molar-refractivity contribution in [2.75, 3.05) is 0 Å². The molecule has 2 N–H and O–H groups in total. The summed E-state index contributed by atoms with van der Waals surface area (Å²) in [7, 11) is 0. The van der Waals surface area contributed by atoms with Gasteiger partial charge in [0.15, 0.2) is 0 Å². The van der Waals surface area contributed by atoms with Gasteiger partial charge >= 0.3 is 0 Å². The van der Waals surface area contributed by atoms with E-state index in [1.807, 2.05) is 0 Å². The minimum absolute atomic E-state index is 0.00973. The van der Waals surface area contributed by atoms with E-state index in [0.717, 1.165) is 54.8 Å². The molecular weight excluding hydrogens is 368 g/mol. The first-order valence-electron chi connectivity index (χ1n) is 13.7. The Bertz CT molecular complexity index is 614. The summed E-state index contributed by atoms with van der Waals surface area (Å²) < 4.78 is 0. The van der Waals surface area contributed by atoms with E-state index in [0.29, 0.717) is 16.7 Å². The molecule has 0 aromatic heterocycles. The van der Waals surface area contributed by atoms with Crippen LogP contribution in [0.3, 0.4) is 0 Å². The lowest BCUT2D eigenvalue weighted by Crippen LogP contribution is -2.54. The zero-order valence-corrected chi connectivity index (χ0v) is 20.0. The second kappa shape index (κ2) is 8.05. The molecule has 2 nitrogen and oxygen atoms in total. The van der Waals surface area contributed by atoms with Crippen LogP contribution in [0.25, 0.3) is 0 Å². The van der Waals surface area contributed by atoms with E-state index < -0.39 is 0 Å². The van der Waals surface area contributed by atoms with Crippen molar-refractivity contribution in [1.29, 1.82) is 0 Å². The molecule has 0 bridgehead atoms. The fraction of sp³-hybridized carbons (Fsp3) is 1.00. The first-order chi connectivity index (χ1) is 14.3. The number of rotatable bonds is 6. The van der Waals surface area contributed by atoms with Gasteiger partial charge in [-0.25, -0.2) is 0 Å². The Kier molecular flexibility index (Phi) is 5.84. The summed E-state index contributed by atoms with van der Waals surface area (Å²) in [6, 6.07) is 0. The average Bonchev–Trinajstić information content (AvgIpc) is 3.50. The summed E-state index contributed by atoms with van der Waals surface area (Å²) in [6.45, 7) is 7.83. The van der Waals surface area contributed by atoms with Gasteiger partial charge in [-0.05, 0) is 129 Å². The third-order valence-electron chi connectivity index (χ3n) is 11.7. The molecule has 0 amide bonds. The minimum Gasteiger partial charge on any atom is -0.393 e. The van der Waals surface area contributed by atoms with Crippen LogP contribution in [0.1, 0.15) is 111 Å². The standard InChI is InChI=1S/C28H48O2/c1-18(5-4-6-26(30)19-7-8-19)23-11-12-24-22-10-9-20-17-21(29)13-15-27(20,2)25(22)14-16-28(23,24)3/h18-26,29-30H,4-17H2,1-3H3/t18-,20+,21+,22+,23-,24+,25+,26?,27+,28-/m1/s1. The molecule has 5 rings (SSSR count). The van der Waals surface area contributed by atoms with Crippen LogP contribution >= 0.6 is 0 Å². The normalized spacial score (nSPS) is 50.3. The molecule has 5 fully saturated rings. The monoisotopic (exact) mass is 416 g/mol. The molecule has 0 saturated heterocycles. The summed E-state index contributed by atoms with van der Waals surface area (Å²) >= 11 is 0. The van der Waals surface area contributed by atoms with Gasteiger partial charge in [0.25, 0.3) is 0 Å². The van der Waals surface area contributed by atoms with Crippen LogP contribution in [-0.2, 0) is 0 Å². The average molecular weight is 417 g/mol. The Balaban J connectivity index is 1.23. The first-order valence-corrected chi connectivity index (χ1v) is 13.7. The first kappa shape index (κ1) is 21.7. The van der Waals surface area contributed by atoms with Crippen molar-refractivity contribution in [2.24, 2.45) is 52.3 Å². The molecule has 0 radical (unpaired) electrons. The molecule has 10 atom stereocenters. The molecule has 0 aliphatic heterocycles. The van der Waals surface area contributed by atoms with Crippen LogP contribution in [0.4, 0.5) is 0 Å². The van der Waals surface area contributed by atoms with E-state index in [1.165, 1.54) is 70.6 Å². The quantitative estimate of drug-likeness (QED) is 0.513. The summed E-state index contributed by atoms with van der Waals surface area (Å²) in [6.07, 6.45) is 18.1. The number of aliphatic hydroxyl groups is 2. The van der Waals surface area contributed by atoms with E-state index in [-0.39, 0.29) is 12.2 Å². The second-order valence-corrected chi connectivity index (χ2v) is 13.1. The third-order valence-corrected chi connectivity index (χ3v) is 11.7. The Labute approximate surface area is 185 Å². The zero-order valence-electron chi connectivity index (χ0n) is 20.0. The number of hydrogen-bond donors (Lipinski definition) is 2. The van der Waals surface area contributed by atoms with E-state index in [1.54, 1.807) is 0 Å². The summed E-state index contributed by atoms with van der Waals surface area (Å²) in [5.74, 6) is 5.96. The topological polar surface area (TPSA) is 40.5 Å². The third kappa shape index (κ3) is 3.60. The minimum atomic E-state index is -0.0244. The number of fused-ring (bicyclic) bond motifs is 5. The van der Waals surface area contributed by atoms with Crippen molar-refractivity contribution in [3.05, 3.63) is 0 Å². The van der Waals surface area contributed by atoms with E-state index >= 15 is 0 Å². The predicted octanol–water partition coefficient (Wildman–Crippen LogP) is 6.58.